The minimum Gasteiger partial charge on any atom is -0.493 e. The summed E-state index contributed by atoms with van der Waals surface area (Å²) in [7, 11) is 2.63. The minimum absolute atomic E-state index is 0.0455. The van der Waals surface area contributed by atoms with Crippen LogP contribution in [-0.2, 0) is 0 Å². The molecule has 1 atom stereocenters. The van der Waals surface area contributed by atoms with Gasteiger partial charge in [-0.15, -0.1) is 0 Å². The van der Waals surface area contributed by atoms with E-state index in [2.05, 4.69) is 10.1 Å². The van der Waals surface area contributed by atoms with Gasteiger partial charge in [-0.05, 0) is 7.05 Å². The van der Waals surface area contributed by atoms with Gasteiger partial charge >= 0.3 is 0 Å². The van der Waals surface area contributed by atoms with Crippen molar-refractivity contribution in [1.82, 2.24) is 5.32 Å². The van der Waals surface area contributed by atoms with Crippen LogP contribution in [0, 0.1) is 17.5 Å². The lowest BCUT2D eigenvalue weighted by Gasteiger charge is -2.16. The number of nitrogens with one attached hydrogen (secondary N) is 1. The average molecular weight is 235 g/mol. The van der Waals surface area contributed by atoms with Gasteiger partial charge in [-0.1, -0.05) is 0 Å². The van der Waals surface area contributed by atoms with Gasteiger partial charge in [-0.3, -0.25) is 0 Å². The molecule has 0 amide bonds. The van der Waals surface area contributed by atoms with Crippen LogP contribution in [0.3, 0.4) is 0 Å². The van der Waals surface area contributed by atoms with Crippen LogP contribution in [0.2, 0.25) is 0 Å². The monoisotopic (exact) mass is 235 g/mol. The van der Waals surface area contributed by atoms with E-state index < -0.39 is 34.9 Å². The molecule has 0 spiro atoms. The highest BCUT2D eigenvalue weighted by Crippen LogP contribution is 2.32. The van der Waals surface area contributed by atoms with Crippen molar-refractivity contribution in [1.29, 1.82) is 0 Å². The highest BCUT2D eigenvalue weighted by atomic mass is 19.2. The van der Waals surface area contributed by atoms with E-state index in [9.17, 15) is 18.3 Å². The van der Waals surface area contributed by atoms with Crippen molar-refractivity contribution < 1.29 is 23.0 Å². The number of hydrogen-bond donors (Lipinski definition) is 2. The van der Waals surface area contributed by atoms with Crippen molar-refractivity contribution in [3.05, 3.63) is 29.1 Å². The molecule has 0 fully saturated rings. The molecule has 1 aromatic rings. The van der Waals surface area contributed by atoms with Crippen molar-refractivity contribution in [3.63, 3.8) is 0 Å². The van der Waals surface area contributed by atoms with Gasteiger partial charge < -0.3 is 15.2 Å². The van der Waals surface area contributed by atoms with Crippen LogP contribution in [0.5, 0.6) is 5.75 Å². The van der Waals surface area contributed by atoms with Crippen molar-refractivity contribution in [3.8, 4) is 5.75 Å². The maximum absolute atomic E-state index is 13.4. The number of hydrogen-bond acceptors (Lipinski definition) is 3. The molecule has 1 aromatic carbocycles. The normalized spacial score (nSPS) is 12.6. The lowest BCUT2D eigenvalue weighted by atomic mass is 10.1. The highest BCUT2D eigenvalue weighted by molar-refractivity contribution is 5.38. The van der Waals surface area contributed by atoms with Crippen LogP contribution in [0.25, 0.3) is 0 Å². The van der Waals surface area contributed by atoms with E-state index in [0.717, 1.165) is 7.11 Å². The number of benzene rings is 1. The van der Waals surface area contributed by atoms with Crippen LogP contribution in [0.1, 0.15) is 11.7 Å². The average Bonchev–Trinajstić information content (AvgIpc) is 2.23. The topological polar surface area (TPSA) is 41.5 Å². The first kappa shape index (κ1) is 12.8. The van der Waals surface area contributed by atoms with Gasteiger partial charge in [0.05, 0.1) is 18.8 Å². The molecule has 0 saturated heterocycles. The molecule has 1 unspecified atom stereocenters. The summed E-state index contributed by atoms with van der Waals surface area (Å²) < 4.78 is 44.2. The van der Waals surface area contributed by atoms with Crippen LogP contribution in [-0.4, -0.2) is 25.8 Å². The number of ether oxygens (including phenoxy) is 1. The Labute approximate surface area is 90.8 Å². The molecule has 0 heterocycles. The molecule has 0 aromatic heterocycles. The lowest BCUT2D eigenvalue weighted by Crippen LogP contribution is -2.19. The second-order valence-electron chi connectivity index (χ2n) is 3.17. The van der Waals surface area contributed by atoms with Crippen molar-refractivity contribution >= 4 is 0 Å². The van der Waals surface area contributed by atoms with Crippen LogP contribution >= 0.6 is 0 Å². The fourth-order valence-corrected chi connectivity index (χ4v) is 1.40. The van der Waals surface area contributed by atoms with E-state index in [1.54, 1.807) is 0 Å². The molecule has 0 bridgehead atoms. The Hall–Kier alpha value is -1.27. The molecule has 0 saturated carbocycles. The number of likely N-dealkylation sites (N-methyl/N-ethyl adjacent to an activating group) is 1. The number of methoxy groups -OCH3 is 1. The molecular formula is C10H12F3NO2. The van der Waals surface area contributed by atoms with E-state index in [1.807, 2.05) is 0 Å². The van der Waals surface area contributed by atoms with Gasteiger partial charge in [0.1, 0.15) is 0 Å². The predicted octanol–water partition coefficient (Wildman–Crippen LogP) is 1.37. The zero-order valence-corrected chi connectivity index (χ0v) is 8.85. The van der Waals surface area contributed by atoms with Crippen LogP contribution in [0.4, 0.5) is 13.2 Å². The summed E-state index contributed by atoms with van der Waals surface area (Å²) in [5.41, 5.74) is -0.519. The zero-order valence-electron chi connectivity index (χ0n) is 8.85. The summed E-state index contributed by atoms with van der Waals surface area (Å²) in [6.07, 6.45) is -1.38. The van der Waals surface area contributed by atoms with Crippen LogP contribution in [0.15, 0.2) is 6.07 Å². The lowest BCUT2D eigenvalue weighted by molar-refractivity contribution is 0.165. The molecule has 6 heteroatoms. The van der Waals surface area contributed by atoms with Crippen LogP contribution < -0.4 is 10.1 Å². The van der Waals surface area contributed by atoms with E-state index in [1.165, 1.54) is 7.05 Å². The van der Waals surface area contributed by atoms with Gasteiger partial charge in [0, 0.05) is 12.6 Å². The molecule has 0 aliphatic rings. The quantitative estimate of drug-likeness (QED) is 0.774. The third kappa shape index (κ3) is 2.28. The first-order chi connectivity index (χ1) is 7.52. The van der Waals surface area contributed by atoms with Crippen molar-refractivity contribution in [2.24, 2.45) is 0 Å². The predicted molar refractivity (Wildman–Crippen MR) is 51.8 cm³/mol. The maximum atomic E-state index is 13.4. The Morgan fingerprint density at radius 1 is 1.38 bits per heavy atom. The van der Waals surface area contributed by atoms with Gasteiger partial charge in [0.2, 0.25) is 0 Å². The fourth-order valence-electron chi connectivity index (χ4n) is 1.40. The Morgan fingerprint density at radius 2 is 2.00 bits per heavy atom. The molecule has 3 nitrogen and oxygen atoms in total. The fraction of sp³-hybridized carbons (Fsp3) is 0.400. The number of halogens is 3. The molecule has 1 rings (SSSR count). The zero-order chi connectivity index (χ0) is 12.3. The second-order valence-corrected chi connectivity index (χ2v) is 3.17. The summed E-state index contributed by atoms with van der Waals surface area (Å²) in [5.74, 6) is -4.20. The summed E-state index contributed by atoms with van der Waals surface area (Å²) in [6.45, 7) is -0.0455. The number of aliphatic hydroxyl groups is 1. The van der Waals surface area contributed by atoms with Gasteiger partial charge in [0.15, 0.2) is 23.2 Å². The standard InChI is InChI=1S/C10H12F3NO2/c1-14-4-7(15)8-9(13)5(11)3-6(12)10(8)16-2/h3,7,14-15H,4H2,1-2H3. The largest absolute Gasteiger partial charge is 0.493 e. The Balaban J connectivity index is 3.32. The Bertz CT molecular complexity index is 385. The summed E-state index contributed by atoms with van der Waals surface area (Å²) in [4.78, 5) is 0. The molecule has 0 aliphatic carbocycles. The first-order valence-electron chi connectivity index (χ1n) is 4.57. The summed E-state index contributed by atoms with van der Waals surface area (Å²) in [5, 5.41) is 12.1. The second kappa shape index (κ2) is 5.18. The summed E-state index contributed by atoms with van der Waals surface area (Å²) in [6, 6.07) is 0.379. The molecule has 16 heavy (non-hydrogen) atoms. The van der Waals surface area contributed by atoms with E-state index in [0.29, 0.717) is 6.07 Å². The smallest absolute Gasteiger partial charge is 0.168 e. The minimum atomic E-state index is -1.38. The molecule has 90 valence electrons. The van der Waals surface area contributed by atoms with Gasteiger partial charge in [0.25, 0.3) is 0 Å². The maximum Gasteiger partial charge on any atom is 0.168 e. The van der Waals surface area contributed by atoms with E-state index in [4.69, 9.17) is 0 Å². The van der Waals surface area contributed by atoms with Gasteiger partial charge in [-0.25, -0.2) is 13.2 Å². The van der Waals surface area contributed by atoms with E-state index >= 15 is 0 Å². The summed E-state index contributed by atoms with van der Waals surface area (Å²) >= 11 is 0. The van der Waals surface area contributed by atoms with Crippen molar-refractivity contribution in [2.75, 3.05) is 20.7 Å². The Kier molecular flexibility index (Phi) is 4.14. The molecular weight excluding hydrogens is 223 g/mol. The first-order valence-corrected chi connectivity index (χ1v) is 4.57. The number of aliphatic hydroxyl groups excluding tert-OH is 1. The van der Waals surface area contributed by atoms with Gasteiger partial charge in [-0.2, -0.15) is 0 Å². The SMILES string of the molecule is CNCC(O)c1c(F)c(F)cc(F)c1OC. The molecule has 0 radical (unpaired) electrons. The third-order valence-electron chi connectivity index (χ3n) is 2.10. The van der Waals surface area contributed by atoms with E-state index in [-0.39, 0.29) is 6.54 Å². The third-order valence-corrected chi connectivity index (χ3v) is 2.10. The van der Waals surface area contributed by atoms with Crippen molar-refractivity contribution in [2.45, 2.75) is 6.10 Å². The molecule has 0 aliphatic heterocycles. The molecule has 2 N–H and O–H groups in total. The number of rotatable bonds is 4. The highest BCUT2D eigenvalue weighted by Gasteiger charge is 2.24. The Morgan fingerprint density at radius 3 is 2.50 bits per heavy atom.